The van der Waals surface area contributed by atoms with Crippen molar-refractivity contribution in [2.75, 3.05) is 40.5 Å². The number of hydrogen-bond acceptors (Lipinski definition) is 6. The molecule has 18 heavy (non-hydrogen) atoms. The molecule has 0 spiro atoms. The molecule has 0 unspecified atom stereocenters. The van der Waals surface area contributed by atoms with Crippen LogP contribution < -0.4 is 21.7 Å². The molecule has 0 aliphatic carbocycles. The molecule has 0 aliphatic rings. The number of hydrazine groups is 2. The Morgan fingerprint density at radius 3 is 1.56 bits per heavy atom. The summed E-state index contributed by atoms with van der Waals surface area (Å²) in [4.78, 5) is 0.920. The highest BCUT2D eigenvalue weighted by atomic mass is 32.1. The molecule has 0 saturated carbocycles. The fourth-order valence-corrected chi connectivity index (χ4v) is 1.26. The van der Waals surface area contributed by atoms with Crippen molar-refractivity contribution in [2.24, 2.45) is 0 Å². The number of methoxy groups -OCH3 is 2. The van der Waals surface area contributed by atoms with E-state index < -0.39 is 0 Å². The lowest BCUT2D eigenvalue weighted by molar-refractivity contribution is 0.193. The largest absolute Gasteiger partial charge is 0.385 e. The summed E-state index contributed by atoms with van der Waals surface area (Å²) >= 11 is 10.2. The van der Waals surface area contributed by atoms with Crippen LogP contribution in [0.25, 0.3) is 0 Å². The van der Waals surface area contributed by atoms with Crippen molar-refractivity contribution in [2.45, 2.75) is 12.8 Å². The van der Waals surface area contributed by atoms with E-state index in [2.05, 4.69) is 21.7 Å². The third kappa shape index (κ3) is 10.8. The van der Waals surface area contributed by atoms with E-state index >= 15 is 0 Å². The topological polar surface area (TPSA) is 66.6 Å². The van der Waals surface area contributed by atoms with Crippen molar-refractivity contribution >= 4 is 34.4 Å². The standard InChI is InChI=1S/C10H22N4O2S2/c1-15-7-3-5-11-13-9(17)10(18)14-12-6-4-8-16-2/h11-12H,3-8H2,1-2H3,(H,13,17)(H,14,18). The fraction of sp³-hybridized carbons (Fsp3) is 0.800. The zero-order valence-corrected chi connectivity index (χ0v) is 12.5. The third-order valence-electron chi connectivity index (χ3n) is 1.91. The Bertz CT molecular complexity index is 218. The lowest BCUT2D eigenvalue weighted by atomic mass is 10.5. The summed E-state index contributed by atoms with van der Waals surface area (Å²) in [6.45, 7) is 2.95. The van der Waals surface area contributed by atoms with Crippen molar-refractivity contribution < 1.29 is 9.47 Å². The van der Waals surface area contributed by atoms with Gasteiger partial charge in [0.05, 0.1) is 0 Å². The van der Waals surface area contributed by atoms with Gasteiger partial charge in [-0.25, -0.2) is 10.9 Å². The first kappa shape index (κ1) is 17.6. The van der Waals surface area contributed by atoms with Gasteiger partial charge in [-0.2, -0.15) is 0 Å². The molecule has 0 rings (SSSR count). The monoisotopic (exact) mass is 294 g/mol. The molecule has 0 fully saturated rings. The molecule has 0 heterocycles. The van der Waals surface area contributed by atoms with E-state index in [0.717, 1.165) is 25.9 Å². The minimum Gasteiger partial charge on any atom is -0.385 e. The summed E-state index contributed by atoms with van der Waals surface area (Å²) in [7, 11) is 3.35. The number of ether oxygens (including phenoxy) is 2. The summed E-state index contributed by atoms with van der Waals surface area (Å²) in [6, 6.07) is 0. The van der Waals surface area contributed by atoms with Gasteiger partial charge in [0.25, 0.3) is 0 Å². The van der Waals surface area contributed by atoms with Crippen LogP contribution in [0, 0.1) is 0 Å². The highest BCUT2D eigenvalue weighted by Gasteiger charge is 2.02. The summed E-state index contributed by atoms with van der Waals surface area (Å²) in [6.07, 6.45) is 1.81. The number of nitrogens with one attached hydrogen (secondary N) is 4. The molecule has 0 atom stereocenters. The van der Waals surface area contributed by atoms with Crippen molar-refractivity contribution in [3.8, 4) is 0 Å². The van der Waals surface area contributed by atoms with E-state index in [4.69, 9.17) is 33.9 Å². The number of rotatable bonds is 10. The van der Waals surface area contributed by atoms with Crippen LogP contribution in [0.2, 0.25) is 0 Å². The van der Waals surface area contributed by atoms with E-state index in [9.17, 15) is 0 Å². The van der Waals surface area contributed by atoms with E-state index in [1.165, 1.54) is 0 Å². The van der Waals surface area contributed by atoms with Gasteiger partial charge in [0.2, 0.25) is 0 Å². The molecule has 6 nitrogen and oxygen atoms in total. The minimum atomic E-state index is 0.460. The highest BCUT2D eigenvalue weighted by Crippen LogP contribution is 1.79. The zero-order valence-electron chi connectivity index (χ0n) is 10.9. The van der Waals surface area contributed by atoms with Crippen molar-refractivity contribution in [1.29, 1.82) is 0 Å². The second-order valence-corrected chi connectivity index (χ2v) is 4.27. The molecule has 0 radical (unpaired) electrons. The zero-order chi connectivity index (χ0) is 13.6. The van der Waals surface area contributed by atoms with E-state index in [1.807, 2.05) is 0 Å². The average molecular weight is 294 g/mol. The number of hydrogen-bond donors (Lipinski definition) is 4. The predicted octanol–water partition coefficient (Wildman–Crippen LogP) is -0.0974. The summed E-state index contributed by atoms with van der Waals surface area (Å²) in [5, 5.41) is 0. The summed E-state index contributed by atoms with van der Waals surface area (Å²) in [5.41, 5.74) is 11.6. The van der Waals surface area contributed by atoms with Gasteiger partial charge in [-0.3, -0.25) is 0 Å². The van der Waals surface area contributed by atoms with Gasteiger partial charge in [0.15, 0.2) is 0 Å². The quantitative estimate of drug-likeness (QED) is 0.253. The van der Waals surface area contributed by atoms with Crippen molar-refractivity contribution in [3.05, 3.63) is 0 Å². The average Bonchev–Trinajstić information content (AvgIpc) is 2.37. The van der Waals surface area contributed by atoms with Crippen LogP contribution in [0.4, 0.5) is 0 Å². The van der Waals surface area contributed by atoms with Crippen LogP contribution in [0.5, 0.6) is 0 Å². The molecule has 106 valence electrons. The Kier molecular flexibility index (Phi) is 12.8. The molecule has 0 amide bonds. The lowest BCUT2D eigenvalue weighted by Crippen LogP contribution is -2.48. The maximum Gasteiger partial charge on any atom is 0.149 e. The summed E-state index contributed by atoms with van der Waals surface area (Å²) < 4.78 is 9.85. The van der Waals surface area contributed by atoms with Gasteiger partial charge in [-0.15, -0.1) is 0 Å². The smallest absolute Gasteiger partial charge is 0.149 e. The van der Waals surface area contributed by atoms with Gasteiger partial charge in [-0.05, 0) is 12.8 Å². The van der Waals surface area contributed by atoms with Crippen LogP contribution in [-0.4, -0.2) is 50.5 Å². The second kappa shape index (κ2) is 13.1. The van der Waals surface area contributed by atoms with Gasteiger partial charge < -0.3 is 20.3 Å². The molecule has 0 aromatic carbocycles. The lowest BCUT2D eigenvalue weighted by Gasteiger charge is -2.12. The maximum absolute atomic E-state index is 5.08. The Morgan fingerprint density at radius 1 is 0.833 bits per heavy atom. The van der Waals surface area contributed by atoms with Gasteiger partial charge >= 0.3 is 0 Å². The second-order valence-electron chi connectivity index (χ2n) is 3.45. The Morgan fingerprint density at radius 2 is 1.22 bits per heavy atom. The first-order valence-electron chi connectivity index (χ1n) is 5.76. The number of thiocarbonyl (C=S) groups is 2. The highest BCUT2D eigenvalue weighted by molar-refractivity contribution is 7.89. The molecule has 0 bridgehead atoms. The molecule has 0 saturated heterocycles. The van der Waals surface area contributed by atoms with Crippen LogP contribution in [0.15, 0.2) is 0 Å². The molecule has 4 N–H and O–H groups in total. The molecule has 0 aromatic heterocycles. The molecular weight excluding hydrogens is 272 g/mol. The predicted molar refractivity (Wildman–Crippen MR) is 80.5 cm³/mol. The summed E-state index contributed by atoms with van der Waals surface area (Å²) in [5.74, 6) is 0. The van der Waals surface area contributed by atoms with Crippen molar-refractivity contribution in [3.63, 3.8) is 0 Å². The van der Waals surface area contributed by atoms with Crippen LogP contribution in [-0.2, 0) is 9.47 Å². The van der Waals surface area contributed by atoms with Crippen molar-refractivity contribution in [1.82, 2.24) is 21.7 Å². The first-order chi connectivity index (χ1) is 8.72. The normalized spacial score (nSPS) is 10.1. The Balaban J connectivity index is 3.43. The Hall–Kier alpha value is -0.380. The maximum atomic E-state index is 5.08. The van der Waals surface area contributed by atoms with Crippen LogP contribution in [0.3, 0.4) is 0 Å². The van der Waals surface area contributed by atoms with Gasteiger partial charge in [-0.1, -0.05) is 24.4 Å². The molecular formula is C10H22N4O2S2. The van der Waals surface area contributed by atoms with Gasteiger partial charge in [0.1, 0.15) is 9.98 Å². The fourth-order valence-electron chi connectivity index (χ4n) is 1.01. The van der Waals surface area contributed by atoms with E-state index in [1.54, 1.807) is 14.2 Å². The van der Waals surface area contributed by atoms with Gasteiger partial charge in [0, 0.05) is 40.5 Å². The van der Waals surface area contributed by atoms with Crippen LogP contribution in [0.1, 0.15) is 12.8 Å². The van der Waals surface area contributed by atoms with E-state index in [-0.39, 0.29) is 0 Å². The molecule has 0 aromatic rings. The Labute approximate surface area is 119 Å². The van der Waals surface area contributed by atoms with E-state index in [0.29, 0.717) is 23.2 Å². The van der Waals surface area contributed by atoms with Crippen LogP contribution >= 0.6 is 24.4 Å². The molecule has 0 aliphatic heterocycles. The first-order valence-corrected chi connectivity index (χ1v) is 6.58. The minimum absolute atomic E-state index is 0.460. The molecule has 8 heteroatoms. The SMILES string of the molecule is COCCCNNC(=S)C(=S)NNCCCOC. The third-order valence-corrected chi connectivity index (χ3v) is 2.65.